The molecule has 0 atom stereocenters. The molecule has 0 radical (unpaired) electrons. The summed E-state index contributed by atoms with van der Waals surface area (Å²) in [4.78, 5) is 42.5. The summed E-state index contributed by atoms with van der Waals surface area (Å²) in [5, 5.41) is 15.2. The summed E-state index contributed by atoms with van der Waals surface area (Å²) in [6.07, 6.45) is 3.01. The van der Waals surface area contributed by atoms with Gasteiger partial charge < -0.3 is 9.88 Å². The lowest BCUT2D eigenvalue weighted by Gasteiger charge is -2.03. The molecule has 162 valence electrons. The third-order valence-corrected chi connectivity index (χ3v) is 6.90. The van der Waals surface area contributed by atoms with Crippen molar-refractivity contribution in [2.24, 2.45) is 4.99 Å². The van der Waals surface area contributed by atoms with Crippen LogP contribution in [0.5, 0.6) is 0 Å². The van der Waals surface area contributed by atoms with Crippen molar-refractivity contribution in [3.63, 3.8) is 0 Å². The van der Waals surface area contributed by atoms with Crippen LogP contribution in [0.15, 0.2) is 47.4 Å². The number of aromatic nitrogens is 2. The van der Waals surface area contributed by atoms with Crippen LogP contribution in [0.4, 0.5) is 10.8 Å². The predicted molar refractivity (Wildman–Crippen MR) is 117 cm³/mol. The Labute approximate surface area is 183 Å². The van der Waals surface area contributed by atoms with Crippen LogP contribution in [0.1, 0.15) is 0 Å². The number of thiazole rings is 2. The number of hydrogen-bond acceptors (Lipinski definition) is 9. The summed E-state index contributed by atoms with van der Waals surface area (Å²) in [5.74, 6) is -3.61. The zero-order chi connectivity index (χ0) is 22.6. The monoisotopic (exact) mass is 481 g/mol. The number of rotatable bonds is 8. The van der Waals surface area contributed by atoms with E-state index in [1.54, 1.807) is 16.0 Å². The van der Waals surface area contributed by atoms with Crippen molar-refractivity contribution >= 4 is 65.4 Å². The maximum atomic E-state index is 12.3. The van der Waals surface area contributed by atoms with Gasteiger partial charge in [-0.25, -0.2) is 13.4 Å². The molecular formula is C17H15N5O6S3. The number of amides is 2. The first-order valence-corrected chi connectivity index (χ1v) is 12.1. The third-order valence-electron chi connectivity index (χ3n) is 3.78. The van der Waals surface area contributed by atoms with Gasteiger partial charge in [-0.3, -0.25) is 19.7 Å². The number of nitrogens with zero attached hydrogens (tertiary/aromatic N) is 4. The lowest BCUT2D eigenvalue weighted by molar-refractivity contribution is -0.384. The molecule has 0 saturated carbocycles. The molecule has 0 unspecified atom stereocenters. The minimum atomic E-state index is -4.07. The number of sulfone groups is 1. The van der Waals surface area contributed by atoms with E-state index in [1.807, 2.05) is 0 Å². The van der Waals surface area contributed by atoms with Crippen LogP contribution in [0, 0.1) is 10.1 Å². The van der Waals surface area contributed by atoms with E-state index in [1.165, 1.54) is 24.4 Å². The van der Waals surface area contributed by atoms with Crippen LogP contribution < -0.4 is 10.1 Å². The first-order chi connectivity index (χ1) is 14.7. The number of fused-ring (bicyclic) bond motifs is 1. The summed E-state index contributed by atoms with van der Waals surface area (Å²) in [6.45, 7) is 3.89. The fourth-order valence-electron chi connectivity index (χ4n) is 2.58. The van der Waals surface area contributed by atoms with Crippen LogP contribution in [0.3, 0.4) is 0 Å². The molecule has 0 saturated heterocycles. The zero-order valence-corrected chi connectivity index (χ0v) is 18.2. The largest absolute Gasteiger partial charge is 0.312 e. The number of non-ortho nitro benzene ring substituents is 1. The molecule has 0 aliphatic carbocycles. The van der Waals surface area contributed by atoms with E-state index in [4.69, 9.17) is 0 Å². The maximum absolute atomic E-state index is 12.3. The Kier molecular flexibility index (Phi) is 6.72. The minimum absolute atomic E-state index is 0.119. The van der Waals surface area contributed by atoms with Crippen LogP contribution >= 0.6 is 22.7 Å². The number of nitro groups is 1. The Morgan fingerprint density at radius 2 is 2.13 bits per heavy atom. The van der Waals surface area contributed by atoms with Gasteiger partial charge in [-0.1, -0.05) is 17.4 Å². The van der Waals surface area contributed by atoms with Crippen LogP contribution in [0.2, 0.25) is 0 Å². The van der Waals surface area contributed by atoms with Gasteiger partial charge in [0, 0.05) is 30.3 Å². The van der Waals surface area contributed by atoms with E-state index < -0.39 is 38.1 Å². The van der Waals surface area contributed by atoms with Crippen molar-refractivity contribution < 1.29 is 22.9 Å². The Bertz CT molecular complexity index is 1340. The van der Waals surface area contributed by atoms with Crippen molar-refractivity contribution in [1.29, 1.82) is 0 Å². The number of hydrogen-bond donors (Lipinski definition) is 1. The molecule has 11 nitrogen and oxygen atoms in total. The van der Waals surface area contributed by atoms with E-state index in [2.05, 4.69) is 21.9 Å². The quantitative estimate of drug-likeness (QED) is 0.292. The Balaban J connectivity index is 1.83. The Morgan fingerprint density at radius 3 is 2.77 bits per heavy atom. The molecule has 3 aromatic rings. The predicted octanol–water partition coefficient (Wildman–Crippen LogP) is 1.73. The van der Waals surface area contributed by atoms with Gasteiger partial charge >= 0.3 is 0 Å². The summed E-state index contributed by atoms with van der Waals surface area (Å²) in [7, 11) is -4.07. The van der Waals surface area contributed by atoms with Gasteiger partial charge in [0.2, 0.25) is 5.91 Å². The molecule has 3 rings (SSSR count). The Morgan fingerprint density at radius 1 is 1.35 bits per heavy atom. The molecule has 1 N–H and O–H groups in total. The summed E-state index contributed by atoms with van der Waals surface area (Å²) >= 11 is 2.14. The average Bonchev–Trinajstić information content (AvgIpc) is 3.28. The SMILES string of the molecule is C=CCn1c(=NC(=O)CS(=O)(=O)CC(=O)Nc2nccs2)sc2cc([N+](=O)[O-])ccc21. The highest BCUT2D eigenvalue weighted by molar-refractivity contribution is 7.92. The molecule has 0 aliphatic rings. The van der Waals surface area contributed by atoms with E-state index in [-0.39, 0.29) is 22.2 Å². The molecule has 14 heteroatoms. The molecule has 0 bridgehead atoms. The van der Waals surface area contributed by atoms with Gasteiger partial charge in [0.1, 0.15) is 11.5 Å². The molecule has 2 aromatic heterocycles. The molecule has 2 amide bonds. The van der Waals surface area contributed by atoms with Crippen molar-refractivity contribution in [3.05, 3.63) is 57.3 Å². The van der Waals surface area contributed by atoms with Gasteiger partial charge in [0.25, 0.3) is 11.6 Å². The standard InChI is InChI=1S/C17H15N5O6S3/c1-2-6-21-12-4-3-11(22(25)26)8-13(12)30-17(21)20-15(24)10-31(27,28)9-14(23)19-16-18-5-7-29-16/h2-5,7-8H,1,6,9-10H2,(H,18,19,23). The number of carbonyl (C=O) groups is 2. The molecule has 0 spiro atoms. The number of nitrogens with one attached hydrogen (secondary N) is 1. The lowest BCUT2D eigenvalue weighted by atomic mass is 10.3. The second kappa shape index (κ2) is 9.28. The summed E-state index contributed by atoms with van der Waals surface area (Å²) in [5.41, 5.74) is 0.471. The second-order valence-corrected chi connectivity index (χ2v) is 10.1. The van der Waals surface area contributed by atoms with Crippen LogP contribution in [-0.2, 0) is 26.0 Å². The van der Waals surface area contributed by atoms with Crippen molar-refractivity contribution in [3.8, 4) is 0 Å². The fraction of sp³-hybridized carbons (Fsp3) is 0.176. The van der Waals surface area contributed by atoms with Crippen LogP contribution in [-0.4, -0.2) is 46.2 Å². The van der Waals surface area contributed by atoms with Gasteiger partial charge in [0.05, 0.1) is 15.1 Å². The highest BCUT2D eigenvalue weighted by Gasteiger charge is 2.22. The highest BCUT2D eigenvalue weighted by atomic mass is 32.2. The van der Waals surface area contributed by atoms with Crippen molar-refractivity contribution in [2.45, 2.75) is 6.54 Å². The number of benzene rings is 1. The van der Waals surface area contributed by atoms with E-state index >= 15 is 0 Å². The second-order valence-electron chi connectivity index (χ2n) is 6.12. The topological polar surface area (TPSA) is 154 Å². The average molecular weight is 482 g/mol. The minimum Gasteiger partial charge on any atom is -0.312 e. The van der Waals surface area contributed by atoms with Gasteiger partial charge in [-0.15, -0.1) is 17.9 Å². The van der Waals surface area contributed by atoms with E-state index in [0.717, 1.165) is 22.7 Å². The zero-order valence-electron chi connectivity index (χ0n) is 15.8. The number of anilines is 1. The molecule has 31 heavy (non-hydrogen) atoms. The number of carbonyl (C=O) groups excluding carboxylic acids is 2. The van der Waals surface area contributed by atoms with Gasteiger partial charge in [-0.2, -0.15) is 4.99 Å². The number of nitro benzene ring substituents is 1. The van der Waals surface area contributed by atoms with E-state index in [9.17, 15) is 28.1 Å². The molecule has 0 aliphatic heterocycles. The third kappa shape index (κ3) is 5.68. The molecule has 2 heterocycles. The van der Waals surface area contributed by atoms with E-state index in [0.29, 0.717) is 10.2 Å². The Hall–Kier alpha value is -3.23. The first-order valence-electron chi connectivity index (χ1n) is 8.54. The fourth-order valence-corrected chi connectivity index (χ4v) is 5.23. The van der Waals surface area contributed by atoms with Gasteiger partial charge in [-0.05, 0) is 6.07 Å². The summed E-state index contributed by atoms with van der Waals surface area (Å²) in [6, 6.07) is 4.20. The lowest BCUT2D eigenvalue weighted by Crippen LogP contribution is -2.28. The molecule has 1 aromatic carbocycles. The normalized spacial score (nSPS) is 12.1. The summed E-state index contributed by atoms with van der Waals surface area (Å²) < 4.78 is 26.5. The van der Waals surface area contributed by atoms with Crippen molar-refractivity contribution in [2.75, 3.05) is 16.8 Å². The molecule has 0 fully saturated rings. The van der Waals surface area contributed by atoms with Crippen LogP contribution in [0.25, 0.3) is 10.2 Å². The maximum Gasteiger partial charge on any atom is 0.270 e. The molecular weight excluding hydrogens is 466 g/mol. The number of allylic oxidation sites excluding steroid dienone is 1. The van der Waals surface area contributed by atoms with Gasteiger partial charge in [0.15, 0.2) is 19.8 Å². The highest BCUT2D eigenvalue weighted by Crippen LogP contribution is 2.23. The smallest absolute Gasteiger partial charge is 0.270 e. The first kappa shape index (κ1) is 22.5. The van der Waals surface area contributed by atoms with Crippen molar-refractivity contribution in [1.82, 2.24) is 9.55 Å².